The number of halogens is 1. The molecule has 25 heavy (non-hydrogen) atoms. The molecule has 0 spiro atoms. The highest BCUT2D eigenvalue weighted by Gasteiger charge is 2.18. The molecule has 1 N–H and O–H groups in total. The van der Waals surface area contributed by atoms with Gasteiger partial charge in [0, 0.05) is 28.7 Å². The van der Waals surface area contributed by atoms with Gasteiger partial charge in [-0.3, -0.25) is 9.52 Å². The van der Waals surface area contributed by atoms with Crippen LogP contribution in [0.25, 0.3) is 10.9 Å². The molecule has 6 nitrogen and oxygen atoms in total. The Balaban J connectivity index is 2.01. The van der Waals surface area contributed by atoms with Gasteiger partial charge in [0.15, 0.2) is 0 Å². The summed E-state index contributed by atoms with van der Waals surface area (Å²) in [5.74, 6) is 0. The van der Waals surface area contributed by atoms with Crippen molar-refractivity contribution < 1.29 is 8.42 Å². The third-order valence-corrected chi connectivity index (χ3v) is 6.09. The summed E-state index contributed by atoms with van der Waals surface area (Å²) in [6.45, 7) is 0. The molecule has 126 valence electrons. The van der Waals surface area contributed by atoms with Crippen LogP contribution in [0.15, 0.2) is 62.7 Å². The van der Waals surface area contributed by atoms with E-state index in [1.54, 1.807) is 31.3 Å². The number of hydrogen-bond acceptors (Lipinski definition) is 4. The Morgan fingerprint density at radius 1 is 1.12 bits per heavy atom. The number of nitrogens with one attached hydrogen (secondary N) is 1. The molecule has 3 aromatic rings. The van der Waals surface area contributed by atoms with Crippen molar-refractivity contribution in [2.75, 3.05) is 4.72 Å². The molecule has 0 aliphatic carbocycles. The zero-order chi connectivity index (χ0) is 18.2. The summed E-state index contributed by atoms with van der Waals surface area (Å²) in [6, 6.07) is 14.2. The molecule has 2 aromatic carbocycles. The lowest BCUT2D eigenvalue weighted by Gasteiger charge is -2.11. The van der Waals surface area contributed by atoms with Crippen molar-refractivity contribution in [1.29, 1.82) is 5.26 Å². The van der Waals surface area contributed by atoms with Crippen molar-refractivity contribution in [2.24, 2.45) is 7.05 Å². The van der Waals surface area contributed by atoms with Crippen LogP contribution in [-0.2, 0) is 17.1 Å². The number of benzene rings is 2. The van der Waals surface area contributed by atoms with Gasteiger partial charge in [-0.1, -0.05) is 0 Å². The topological polar surface area (TPSA) is 92.0 Å². The van der Waals surface area contributed by atoms with Crippen LogP contribution in [0.3, 0.4) is 0 Å². The van der Waals surface area contributed by atoms with Gasteiger partial charge in [0.25, 0.3) is 15.6 Å². The fraction of sp³-hybridized carbons (Fsp3) is 0.0588. The molecule has 3 rings (SSSR count). The van der Waals surface area contributed by atoms with Crippen LogP contribution in [0.1, 0.15) is 5.56 Å². The largest absolute Gasteiger partial charge is 0.311 e. The van der Waals surface area contributed by atoms with Gasteiger partial charge in [-0.25, -0.2) is 8.42 Å². The molecular formula is C17H12BrN3O3S. The Bertz CT molecular complexity index is 1190. The second-order valence-electron chi connectivity index (χ2n) is 5.37. The van der Waals surface area contributed by atoms with Crippen LogP contribution < -0.4 is 10.3 Å². The van der Waals surface area contributed by atoms with Crippen LogP contribution in [0.2, 0.25) is 0 Å². The molecule has 0 fully saturated rings. The van der Waals surface area contributed by atoms with Gasteiger partial charge >= 0.3 is 0 Å². The van der Waals surface area contributed by atoms with Gasteiger partial charge in [-0.05, 0) is 58.4 Å². The van der Waals surface area contributed by atoms with E-state index in [1.165, 1.54) is 28.8 Å². The molecule has 0 unspecified atom stereocenters. The van der Waals surface area contributed by atoms with E-state index in [0.717, 1.165) is 5.39 Å². The average molecular weight is 418 g/mol. The molecule has 0 saturated heterocycles. The predicted octanol–water partition coefficient (Wildman–Crippen LogP) is 2.97. The number of aryl methyl sites for hydroxylation is 1. The Morgan fingerprint density at radius 3 is 2.56 bits per heavy atom. The average Bonchev–Trinajstić information content (AvgIpc) is 2.57. The lowest BCUT2D eigenvalue weighted by atomic mass is 10.2. The maximum atomic E-state index is 12.6. The number of nitriles is 1. The molecule has 0 aliphatic rings. The quantitative estimate of drug-likeness (QED) is 0.708. The van der Waals surface area contributed by atoms with Gasteiger partial charge in [0.2, 0.25) is 0 Å². The van der Waals surface area contributed by atoms with E-state index in [-0.39, 0.29) is 10.5 Å². The monoisotopic (exact) mass is 417 g/mol. The van der Waals surface area contributed by atoms with E-state index < -0.39 is 10.0 Å². The van der Waals surface area contributed by atoms with Crippen molar-refractivity contribution >= 4 is 42.5 Å². The van der Waals surface area contributed by atoms with Crippen molar-refractivity contribution in [3.05, 3.63) is 68.9 Å². The van der Waals surface area contributed by atoms with E-state index >= 15 is 0 Å². The van der Waals surface area contributed by atoms with Gasteiger partial charge in [-0.2, -0.15) is 5.26 Å². The highest BCUT2D eigenvalue weighted by Crippen LogP contribution is 2.26. The van der Waals surface area contributed by atoms with Crippen molar-refractivity contribution in [1.82, 2.24) is 4.57 Å². The second-order valence-corrected chi connectivity index (χ2v) is 7.87. The normalized spacial score (nSPS) is 11.2. The number of sulfonamides is 1. The van der Waals surface area contributed by atoms with Crippen molar-refractivity contribution in [3.63, 3.8) is 0 Å². The SMILES string of the molecule is Cn1c(=O)ccc2cc(NS(=O)(=O)c3ccc(C#N)cc3Br)ccc21. The Morgan fingerprint density at radius 2 is 1.88 bits per heavy atom. The van der Waals surface area contributed by atoms with E-state index in [1.807, 2.05) is 6.07 Å². The van der Waals surface area contributed by atoms with Crippen molar-refractivity contribution in [3.8, 4) is 6.07 Å². The second kappa shape index (κ2) is 6.35. The number of hydrogen-bond donors (Lipinski definition) is 1. The van der Waals surface area contributed by atoms with Crippen LogP contribution in [-0.4, -0.2) is 13.0 Å². The third kappa shape index (κ3) is 3.29. The first-order valence-corrected chi connectivity index (χ1v) is 9.42. The summed E-state index contributed by atoms with van der Waals surface area (Å²) in [5, 5.41) is 9.61. The lowest BCUT2D eigenvalue weighted by molar-refractivity contribution is 0.601. The van der Waals surface area contributed by atoms with E-state index in [4.69, 9.17) is 5.26 Å². The first-order chi connectivity index (χ1) is 11.8. The molecule has 0 saturated carbocycles. The minimum atomic E-state index is -3.83. The number of pyridine rings is 1. The smallest absolute Gasteiger partial charge is 0.263 e. The summed E-state index contributed by atoms with van der Waals surface area (Å²) >= 11 is 3.19. The van der Waals surface area contributed by atoms with Crippen molar-refractivity contribution in [2.45, 2.75) is 4.90 Å². The number of anilines is 1. The molecule has 0 bridgehead atoms. The molecule has 1 aromatic heterocycles. The molecular weight excluding hydrogens is 406 g/mol. The number of fused-ring (bicyclic) bond motifs is 1. The molecule has 0 amide bonds. The summed E-state index contributed by atoms with van der Waals surface area (Å²) in [7, 11) is -2.18. The van der Waals surface area contributed by atoms with Gasteiger partial charge in [-0.15, -0.1) is 0 Å². The standard InChI is InChI=1S/C17H12BrN3O3S/c1-21-15-5-4-13(9-12(15)3-7-17(21)22)20-25(23,24)16-6-2-11(10-19)8-14(16)18/h2-9,20H,1H3. The van der Waals surface area contributed by atoms with Gasteiger partial charge in [0.1, 0.15) is 4.90 Å². The van der Waals surface area contributed by atoms with Gasteiger partial charge < -0.3 is 4.57 Å². The molecule has 8 heteroatoms. The third-order valence-electron chi connectivity index (χ3n) is 3.73. The van der Waals surface area contributed by atoms with Crippen LogP contribution in [0.5, 0.6) is 0 Å². The number of aromatic nitrogens is 1. The maximum Gasteiger partial charge on any atom is 0.263 e. The summed E-state index contributed by atoms with van der Waals surface area (Å²) in [6.07, 6.45) is 0. The first kappa shape index (κ1) is 17.2. The fourth-order valence-corrected chi connectivity index (χ4v) is 4.58. The number of rotatable bonds is 3. The maximum absolute atomic E-state index is 12.6. The Kier molecular flexibility index (Phi) is 4.37. The first-order valence-electron chi connectivity index (χ1n) is 7.14. The Labute approximate surface area is 152 Å². The van der Waals surface area contributed by atoms with Gasteiger partial charge in [0.05, 0.1) is 17.1 Å². The highest BCUT2D eigenvalue weighted by molar-refractivity contribution is 9.10. The van der Waals surface area contributed by atoms with E-state index in [2.05, 4.69) is 20.7 Å². The summed E-state index contributed by atoms with van der Waals surface area (Å²) in [5.41, 5.74) is 1.30. The highest BCUT2D eigenvalue weighted by atomic mass is 79.9. The predicted molar refractivity (Wildman–Crippen MR) is 98.9 cm³/mol. The minimum Gasteiger partial charge on any atom is -0.311 e. The fourth-order valence-electron chi connectivity index (χ4n) is 2.45. The molecule has 1 heterocycles. The summed E-state index contributed by atoms with van der Waals surface area (Å²) in [4.78, 5) is 11.7. The van der Waals surface area contributed by atoms with Crippen LogP contribution >= 0.6 is 15.9 Å². The zero-order valence-corrected chi connectivity index (χ0v) is 15.4. The summed E-state index contributed by atoms with van der Waals surface area (Å²) < 4.78 is 29.5. The number of nitrogens with zero attached hydrogens (tertiary/aromatic N) is 2. The molecule has 0 radical (unpaired) electrons. The van der Waals surface area contributed by atoms with Crippen LogP contribution in [0, 0.1) is 11.3 Å². The lowest BCUT2D eigenvalue weighted by Crippen LogP contribution is -2.16. The molecule has 0 aliphatic heterocycles. The Hall–Kier alpha value is -2.63. The van der Waals surface area contributed by atoms with Crippen LogP contribution in [0.4, 0.5) is 5.69 Å². The molecule has 0 atom stereocenters. The van der Waals surface area contributed by atoms with E-state index in [0.29, 0.717) is 21.2 Å². The van der Waals surface area contributed by atoms with E-state index in [9.17, 15) is 13.2 Å². The minimum absolute atomic E-state index is 0.0343. The zero-order valence-electron chi connectivity index (χ0n) is 13.0.